The molecule has 8 nitrogen and oxygen atoms in total. The number of aromatic nitrogens is 4. The van der Waals surface area contributed by atoms with Gasteiger partial charge in [0.15, 0.2) is 5.82 Å². The molecule has 0 aliphatic heterocycles. The van der Waals surface area contributed by atoms with Crippen molar-refractivity contribution < 1.29 is 27.8 Å². The number of nitrogens with one attached hydrogen (secondary N) is 2. The molecule has 4 aromatic rings. The van der Waals surface area contributed by atoms with Gasteiger partial charge in [0.2, 0.25) is 0 Å². The molecule has 1 aromatic carbocycles. The number of pyridine rings is 1. The van der Waals surface area contributed by atoms with Crippen molar-refractivity contribution in [1.82, 2.24) is 19.6 Å². The zero-order chi connectivity index (χ0) is 30.5. The Morgan fingerprint density at radius 2 is 1.81 bits per heavy atom. The first-order valence-electron chi connectivity index (χ1n) is 14.0. The average Bonchev–Trinajstić information content (AvgIpc) is 3.31. The summed E-state index contributed by atoms with van der Waals surface area (Å²) in [7, 11) is 0. The third kappa shape index (κ3) is 9.86. The van der Waals surface area contributed by atoms with Crippen molar-refractivity contribution in [3.8, 4) is 17.3 Å². The molecule has 0 atom stereocenters. The zero-order valence-corrected chi connectivity index (χ0v) is 24.5. The highest BCUT2D eigenvalue weighted by molar-refractivity contribution is 7.71. The quantitative estimate of drug-likeness (QED) is 0.104. The van der Waals surface area contributed by atoms with Crippen LogP contribution in [-0.4, -0.2) is 43.6 Å². The van der Waals surface area contributed by atoms with Crippen LogP contribution >= 0.6 is 12.2 Å². The van der Waals surface area contributed by atoms with Gasteiger partial charge in [0.05, 0.1) is 5.52 Å². The Labute approximate surface area is 248 Å². The number of carboxylic acids is 1. The van der Waals surface area contributed by atoms with Gasteiger partial charge in [-0.1, -0.05) is 70.7 Å². The fourth-order valence-corrected chi connectivity index (χ4v) is 4.59. The van der Waals surface area contributed by atoms with Crippen LogP contribution in [0.3, 0.4) is 0 Å². The monoisotopic (exact) mass is 603 g/mol. The summed E-state index contributed by atoms with van der Waals surface area (Å²) in [4.78, 5) is 21.5. The predicted molar refractivity (Wildman–Crippen MR) is 160 cm³/mol. The van der Waals surface area contributed by atoms with Gasteiger partial charge < -0.3 is 20.3 Å². The second-order valence-corrected chi connectivity index (χ2v) is 10.0. The van der Waals surface area contributed by atoms with Gasteiger partial charge in [0.25, 0.3) is 0 Å². The molecule has 0 fully saturated rings. The van der Waals surface area contributed by atoms with Crippen LogP contribution in [0.2, 0.25) is 0 Å². The summed E-state index contributed by atoms with van der Waals surface area (Å²) in [6.45, 7) is 5.06. The number of alkyl halides is 3. The number of aromatic amines is 1. The summed E-state index contributed by atoms with van der Waals surface area (Å²) in [5.74, 6) is -0.818. The Bertz CT molecular complexity index is 1490. The van der Waals surface area contributed by atoms with Gasteiger partial charge in [-0.2, -0.15) is 0 Å². The van der Waals surface area contributed by atoms with Crippen LogP contribution in [0.1, 0.15) is 74.7 Å². The van der Waals surface area contributed by atoms with Crippen LogP contribution in [0.15, 0.2) is 55.0 Å². The molecule has 0 aliphatic rings. The van der Waals surface area contributed by atoms with Crippen molar-refractivity contribution in [2.24, 2.45) is 0 Å². The first kappa shape index (κ1) is 32.6. The summed E-state index contributed by atoms with van der Waals surface area (Å²) in [5, 5.41) is 9.58. The van der Waals surface area contributed by atoms with Crippen LogP contribution in [0.25, 0.3) is 22.4 Å². The second-order valence-electron chi connectivity index (χ2n) is 9.63. The molecule has 0 saturated heterocycles. The predicted octanol–water partition coefficient (Wildman–Crippen LogP) is 8.30. The number of hydrogen-bond acceptors (Lipinski definition) is 6. The number of hydrogen-bond donors (Lipinski definition) is 3. The summed E-state index contributed by atoms with van der Waals surface area (Å²) in [6, 6.07) is 9.85. The minimum absolute atomic E-state index is 0.0188. The summed E-state index contributed by atoms with van der Waals surface area (Å²) in [5.41, 5.74) is 5.84. The molecule has 3 N–H and O–H groups in total. The average molecular weight is 604 g/mol. The first-order valence-corrected chi connectivity index (χ1v) is 14.4. The molecule has 0 saturated carbocycles. The number of carbonyl (C=O) groups is 1. The molecule has 3 aromatic heterocycles. The van der Waals surface area contributed by atoms with E-state index in [-0.39, 0.29) is 16.0 Å². The van der Waals surface area contributed by atoms with Crippen molar-refractivity contribution in [1.29, 1.82) is 0 Å². The van der Waals surface area contributed by atoms with Crippen molar-refractivity contribution in [3.05, 3.63) is 70.8 Å². The van der Waals surface area contributed by atoms with Gasteiger partial charge in [-0.25, -0.2) is 9.78 Å². The number of H-pyrrole nitrogens is 1. The number of aromatic carboxylic acids is 1. The van der Waals surface area contributed by atoms with E-state index in [2.05, 4.69) is 32.0 Å². The Morgan fingerprint density at radius 3 is 2.43 bits per heavy atom. The summed E-state index contributed by atoms with van der Waals surface area (Å²) in [6.07, 6.45) is 9.61. The molecule has 12 heteroatoms. The van der Waals surface area contributed by atoms with Gasteiger partial charge in [0.1, 0.15) is 21.6 Å². The highest BCUT2D eigenvalue weighted by Crippen LogP contribution is 2.29. The lowest BCUT2D eigenvalue weighted by Crippen LogP contribution is -2.17. The van der Waals surface area contributed by atoms with Crippen LogP contribution in [0.4, 0.5) is 13.2 Å². The Balaban J connectivity index is 0.000000258. The maximum Gasteiger partial charge on any atom is 0.573 e. The maximum atomic E-state index is 12.4. The largest absolute Gasteiger partial charge is 0.573 e. The summed E-state index contributed by atoms with van der Waals surface area (Å²) >= 11 is 4.91. The van der Waals surface area contributed by atoms with E-state index in [0.717, 1.165) is 35.9 Å². The number of aryl methyl sites for hydroxylation is 1. The summed E-state index contributed by atoms with van der Waals surface area (Å²) < 4.78 is 43.4. The number of benzene rings is 1. The second kappa shape index (κ2) is 15.9. The van der Waals surface area contributed by atoms with Crippen LogP contribution < -0.4 is 10.2 Å². The van der Waals surface area contributed by atoms with E-state index in [9.17, 15) is 18.0 Å². The Morgan fingerprint density at radius 1 is 1.07 bits per heavy atom. The van der Waals surface area contributed by atoms with E-state index in [1.165, 1.54) is 56.9 Å². The van der Waals surface area contributed by atoms with Gasteiger partial charge >= 0.3 is 12.3 Å². The molecular formula is C30H36F3N5O3S. The maximum absolute atomic E-state index is 12.4. The van der Waals surface area contributed by atoms with E-state index in [4.69, 9.17) is 17.3 Å². The van der Waals surface area contributed by atoms with E-state index >= 15 is 0 Å². The third-order valence-corrected chi connectivity index (χ3v) is 6.79. The van der Waals surface area contributed by atoms with Crippen molar-refractivity contribution in [2.45, 2.75) is 71.6 Å². The molecule has 0 bridgehead atoms. The van der Waals surface area contributed by atoms with Gasteiger partial charge in [-0.3, -0.25) is 9.66 Å². The van der Waals surface area contributed by atoms with E-state index in [1.54, 1.807) is 24.4 Å². The molecular weight excluding hydrogens is 567 g/mol. The lowest BCUT2D eigenvalue weighted by molar-refractivity contribution is -0.274. The Hall–Kier alpha value is -3.93. The minimum Gasteiger partial charge on any atom is -0.478 e. The van der Waals surface area contributed by atoms with Gasteiger partial charge in [0, 0.05) is 30.5 Å². The standard InChI is InChI=1S/C20H29F3N2O.C10H7N3O2S/c1-3-5-6-7-8-9-10-13-24-25-15-16(4-2)18-14-17(11-12-19(18)25)26-20(21,22)23;14-10(15)6-5-12-8(13-9(6)16)7-3-1-2-4-11-7/h11-12,14-15,24H,3-10,13H2,1-2H3;1-5H,(H,14,15)(H,12,13,16). The molecule has 0 aliphatic carbocycles. The van der Waals surface area contributed by atoms with Crippen LogP contribution in [-0.2, 0) is 6.42 Å². The van der Waals surface area contributed by atoms with Crippen molar-refractivity contribution in [2.75, 3.05) is 12.0 Å². The zero-order valence-electron chi connectivity index (χ0n) is 23.7. The highest BCUT2D eigenvalue weighted by atomic mass is 32.1. The van der Waals surface area contributed by atoms with Crippen molar-refractivity contribution in [3.63, 3.8) is 0 Å². The Kier molecular flexibility index (Phi) is 12.3. The molecule has 0 radical (unpaired) electrons. The topological polar surface area (TPSA) is 105 Å². The fourth-order valence-electron chi connectivity index (χ4n) is 4.35. The van der Waals surface area contributed by atoms with E-state index in [0.29, 0.717) is 11.5 Å². The number of unbranched alkanes of at least 4 members (excludes halogenated alkanes) is 6. The molecule has 4 rings (SSSR count). The van der Waals surface area contributed by atoms with E-state index in [1.807, 2.05) is 23.9 Å². The lowest BCUT2D eigenvalue weighted by atomic mass is 10.1. The molecule has 226 valence electrons. The normalized spacial score (nSPS) is 11.2. The number of fused-ring (bicyclic) bond motifs is 1. The first-order chi connectivity index (χ1) is 20.1. The van der Waals surface area contributed by atoms with Crippen LogP contribution in [0.5, 0.6) is 5.75 Å². The lowest BCUT2D eigenvalue weighted by Gasteiger charge is -2.11. The van der Waals surface area contributed by atoms with Crippen molar-refractivity contribution >= 4 is 29.1 Å². The molecule has 0 unspecified atom stereocenters. The third-order valence-electron chi connectivity index (χ3n) is 6.47. The smallest absolute Gasteiger partial charge is 0.478 e. The van der Waals surface area contributed by atoms with Gasteiger partial charge in [-0.05, 0) is 48.7 Å². The molecule has 0 spiro atoms. The molecule has 0 amide bonds. The SMILES string of the molecule is CCCCCCCCCNn1cc(CC)c2cc(OC(F)(F)F)ccc21.O=C(O)c1cnc(-c2ccccn2)[nH]c1=S. The number of halogens is 3. The highest BCUT2D eigenvalue weighted by Gasteiger charge is 2.31. The molecule has 3 heterocycles. The van der Waals surface area contributed by atoms with Crippen LogP contribution in [0, 0.1) is 4.64 Å². The fraction of sp³-hybridized carbons (Fsp3) is 0.400. The number of rotatable bonds is 13. The number of nitrogens with zero attached hydrogens (tertiary/aromatic N) is 3. The number of carboxylic acid groups (broad SMARTS) is 1. The van der Waals surface area contributed by atoms with Gasteiger partial charge in [-0.15, -0.1) is 13.2 Å². The minimum atomic E-state index is -4.67. The van der Waals surface area contributed by atoms with E-state index < -0.39 is 12.3 Å². The number of ether oxygens (including phenoxy) is 1. The molecule has 42 heavy (non-hydrogen) atoms.